The van der Waals surface area contributed by atoms with Gasteiger partial charge in [-0.05, 0) is 18.2 Å². The SMILES string of the molecule is O=C(c1cccc(=O)[nH]1)N1CC2CN(c3ccc(C(F)(F)F)cn3)CC2C1. The Labute approximate surface area is 152 Å². The predicted molar refractivity (Wildman–Crippen MR) is 91.4 cm³/mol. The van der Waals surface area contributed by atoms with E-state index >= 15 is 0 Å². The van der Waals surface area contributed by atoms with Crippen molar-refractivity contribution < 1.29 is 18.0 Å². The Bertz CT molecular complexity index is 896. The van der Waals surface area contributed by atoms with Crippen molar-refractivity contribution in [2.45, 2.75) is 6.18 Å². The molecule has 0 spiro atoms. The molecule has 6 nitrogen and oxygen atoms in total. The highest BCUT2D eigenvalue weighted by Gasteiger charge is 2.42. The third-order valence-electron chi connectivity index (χ3n) is 5.17. The number of aromatic amines is 1. The van der Waals surface area contributed by atoms with Gasteiger partial charge in [0.2, 0.25) is 5.56 Å². The molecule has 2 fully saturated rings. The molecule has 2 aliphatic heterocycles. The summed E-state index contributed by atoms with van der Waals surface area (Å²) in [5, 5.41) is 0. The monoisotopic (exact) mass is 378 g/mol. The van der Waals surface area contributed by atoms with Crippen LogP contribution in [-0.4, -0.2) is 47.0 Å². The van der Waals surface area contributed by atoms with Crippen molar-refractivity contribution >= 4 is 11.7 Å². The van der Waals surface area contributed by atoms with Crippen LogP contribution in [0.5, 0.6) is 0 Å². The van der Waals surface area contributed by atoms with E-state index in [2.05, 4.69) is 9.97 Å². The number of aromatic nitrogens is 2. The zero-order valence-corrected chi connectivity index (χ0v) is 14.2. The number of amides is 1. The summed E-state index contributed by atoms with van der Waals surface area (Å²) in [6.45, 7) is 2.38. The number of hydrogen-bond donors (Lipinski definition) is 1. The highest BCUT2D eigenvalue weighted by Crippen LogP contribution is 2.35. The first-order chi connectivity index (χ1) is 12.8. The van der Waals surface area contributed by atoms with Gasteiger partial charge in [-0.1, -0.05) is 6.07 Å². The Morgan fingerprint density at radius 2 is 1.78 bits per heavy atom. The van der Waals surface area contributed by atoms with Crippen LogP contribution in [0.1, 0.15) is 16.1 Å². The molecule has 2 unspecified atom stereocenters. The van der Waals surface area contributed by atoms with Crippen molar-refractivity contribution in [3.05, 3.63) is 58.1 Å². The molecule has 1 amide bonds. The number of likely N-dealkylation sites (tertiary alicyclic amines) is 1. The molecule has 142 valence electrons. The molecule has 0 bridgehead atoms. The van der Waals surface area contributed by atoms with Crippen LogP contribution < -0.4 is 10.5 Å². The minimum absolute atomic E-state index is 0.207. The predicted octanol–water partition coefficient (Wildman–Crippen LogP) is 2.00. The van der Waals surface area contributed by atoms with Crippen molar-refractivity contribution in [3.8, 4) is 0 Å². The van der Waals surface area contributed by atoms with Gasteiger partial charge in [-0.15, -0.1) is 0 Å². The molecule has 27 heavy (non-hydrogen) atoms. The summed E-state index contributed by atoms with van der Waals surface area (Å²) in [5.41, 5.74) is -0.817. The number of halogens is 3. The van der Waals surface area contributed by atoms with E-state index in [1.54, 1.807) is 17.0 Å². The van der Waals surface area contributed by atoms with Gasteiger partial charge in [-0.2, -0.15) is 13.2 Å². The summed E-state index contributed by atoms with van der Waals surface area (Å²) in [6.07, 6.45) is -3.54. The Morgan fingerprint density at radius 1 is 1.07 bits per heavy atom. The fourth-order valence-electron chi connectivity index (χ4n) is 3.83. The highest BCUT2D eigenvalue weighted by molar-refractivity contribution is 5.92. The Kier molecular flexibility index (Phi) is 4.16. The third kappa shape index (κ3) is 3.41. The molecule has 4 rings (SSSR count). The fraction of sp³-hybridized carbons (Fsp3) is 0.389. The molecule has 9 heteroatoms. The van der Waals surface area contributed by atoms with Gasteiger partial charge in [0.25, 0.3) is 5.91 Å². The number of H-pyrrole nitrogens is 1. The molecule has 0 aliphatic carbocycles. The molecule has 0 aromatic carbocycles. The van der Waals surface area contributed by atoms with E-state index in [-0.39, 0.29) is 29.0 Å². The number of hydrogen-bond acceptors (Lipinski definition) is 4. The molecule has 4 heterocycles. The van der Waals surface area contributed by atoms with Crippen molar-refractivity contribution in [1.29, 1.82) is 0 Å². The fourth-order valence-corrected chi connectivity index (χ4v) is 3.83. The first kappa shape index (κ1) is 17.6. The van der Waals surface area contributed by atoms with Gasteiger partial charge in [0.1, 0.15) is 11.5 Å². The molecule has 2 aromatic heterocycles. The summed E-state index contributed by atoms with van der Waals surface area (Å²) < 4.78 is 38.0. The quantitative estimate of drug-likeness (QED) is 0.868. The number of nitrogens with one attached hydrogen (secondary N) is 1. The van der Waals surface area contributed by atoms with Crippen molar-refractivity contribution in [3.63, 3.8) is 0 Å². The lowest BCUT2D eigenvalue weighted by Gasteiger charge is -2.22. The molecule has 0 saturated carbocycles. The van der Waals surface area contributed by atoms with Crippen LogP contribution >= 0.6 is 0 Å². The molecular weight excluding hydrogens is 361 g/mol. The van der Waals surface area contributed by atoms with Gasteiger partial charge < -0.3 is 14.8 Å². The second-order valence-electron chi connectivity index (χ2n) is 6.97. The first-order valence-corrected chi connectivity index (χ1v) is 8.58. The lowest BCUT2D eigenvalue weighted by atomic mass is 10.0. The van der Waals surface area contributed by atoms with Crippen LogP contribution in [0.3, 0.4) is 0 Å². The summed E-state index contributed by atoms with van der Waals surface area (Å²) in [7, 11) is 0. The van der Waals surface area contributed by atoms with Gasteiger partial charge >= 0.3 is 6.18 Å². The highest BCUT2D eigenvalue weighted by atomic mass is 19.4. The first-order valence-electron chi connectivity index (χ1n) is 8.58. The molecule has 2 atom stereocenters. The van der Waals surface area contributed by atoms with Crippen LogP contribution in [-0.2, 0) is 6.18 Å². The van der Waals surface area contributed by atoms with E-state index < -0.39 is 11.7 Å². The largest absolute Gasteiger partial charge is 0.417 e. The van der Waals surface area contributed by atoms with Crippen LogP contribution in [0.4, 0.5) is 19.0 Å². The van der Waals surface area contributed by atoms with E-state index in [0.717, 1.165) is 12.3 Å². The van der Waals surface area contributed by atoms with Crippen molar-refractivity contribution in [2.75, 3.05) is 31.1 Å². The smallest absolute Gasteiger partial charge is 0.356 e. The number of carbonyl (C=O) groups excluding carboxylic acids is 1. The summed E-state index contributed by atoms with van der Waals surface area (Å²) >= 11 is 0. The number of alkyl halides is 3. The molecule has 2 aromatic rings. The Balaban J connectivity index is 1.41. The van der Waals surface area contributed by atoms with E-state index in [1.807, 2.05) is 4.90 Å². The lowest BCUT2D eigenvalue weighted by molar-refractivity contribution is -0.137. The molecule has 2 saturated heterocycles. The molecule has 0 radical (unpaired) electrons. The number of rotatable bonds is 2. The molecule has 2 aliphatic rings. The maximum absolute atomic E-state index is 12.7. The zero-order chi connectivity index (χ0) is 19.2. The maximum Gasteiger partial charge on any atom is 0.417 e. The zero-order valence-electron chi connectivity index (χ0n) is 14.2. The van der Waals surface area contributed by atoms with E-state index in [1.165, 1.54) is 12.1 Å². The van der Waals surface area contributed by atoms with Crippen LogP contribution in [0.25, 0.3) is 0 Å². The molecule has 1 N–H and O–H groups in total. The van der Waals surface area contributed by atoms with Crippen LogP contribution in [0, 0.1) is 11.8 Å². The summed E-state index contributed by atoms with van der Waals surface area (Å²) in [5.74, 6) is 0.769. The third-order valence-corrected chi connectivity index (χ3v) is 5.17. The average Bonchev–Trinajstić information content (AvgIpc) is 3.19. The van der Waals surface area contributed by atoms with E-state index in [9.17, 15) is 22.8 Å². The van der Waals surface area contributed by atoms with Gasteiger partial charge in [0.15, 0.2) is 0 Å². The average molecular weight is 378 g/mol. The number of fused-ring (bicyclic) bond motifs is 1. The van der Waals surface area contributed by atoms with E-state index in [4.69, 9.17) is 0 Å². The maximum atomic E-state index is 12.7. The van der Waals surface area contributed by atoms with Crippen molar-refractivity contribution in [1.82, 2.24) is 14.9 Å². The second kappa shape index (κ2) is 6.40. The second-order valence-corrected chi connectivity index (χ2v) is 6.97. The number of anilines is 1. The van der Waals surface area contributed by atoms with Gasteiger partial charge in [0, 0.05) is 50.3 Å². The topological polar surface area (TPSA) is 69.3 Å². The minimum atomic E-state index is -4.40. The minimum Gasteiger partial charge on any atom is -0.356 e. The Morgan fingerprint density at radius 3 is 2.33 bits per heavy atom. The lowest BCUT2D eigenvalue weighted by Crippen LogP contribution is -2.34. The normalized spacial score (nSPS) is 22.2. The summed E-state index contributed by atoms with van der Waals surface area (Å²) in [4.78, 5) is 34.1. The summed E-state index contributed by atoms with van der Waals surface area (Å²) in [6, 6.07) is 6.90. The Hall–Kier alpha value is -2.84. The van der Waals surface area contributed by atoms with Gasteiger partial charge in [-0.3, -0.25) is 9.59 Å². The standard InChI is InChI=1S/C18H17F3N4O2/c19-18(20,21)13-4-5-15(22-6-13)24-7-11-9-25(10-12(11)8-24)17(27)14-2-1-3-16(26)23-14/h1-6,11-12H,7-10H2,(H,23,26). The van der Waals surface area contributed by atoms with Gasteiger partial charge in [-0.25, -0.2) is 4.98 Å². The van der Waals surface area contributed by atoms with Gasteiger partial charge in [0.05, 0.1) is 5.56 Å². The number of nitrogens with zero attached hydrogens (tertiary/aromatic N) is 3. The number of carbonyl (C=O) groups is 1. The molecular formula is C18H17F3N4O2. The van der Waals surface area contributed by atoms with Crippen LogP contribution in [0.2, 0.25) is 0 Å². The van der Waals surface area contributed by atoms with Crippen molar-refractivity contribution in [2.24, 2.45) is 11.8 Å². The van der Waals surface area contributed by atoms with Crippen LogP contribution in [0.15, 0.2) is 41.3 Å². The number of pyridine rings is 2. The van der Waals surface area contributed by atoms with E-state index in [0.29, 0.717) is 32.0 Å².